The predicted octanol–water partition coefficient (Wildman–Crippen LogP) is -2.65. The highest BCUT2D eigenvalue weighted by Crippen LogP contribution is 2.09. The lowest BCUT2D eigenvalue weighted by atomic mass is 10.0. The van der Waals surface area contributed by atoms with Crippen molar-refractivity contribution in [1.82, 2.24) is 0 Å². The second-order valence-corrected chi connectivity index (χ2v) is 2.46. The van der Waals surface area contributed by atoms with Crippen LogP contribution in [0.4, 0.5) is 0 Å². The van der Waals surface area contributed by atoms with E-state index in [-0.39, 0.29) is 6.61 Å². The van der Waals surface area contributed by atoms with Gasteiger partial charge in [-0.05, 0) is 0 Å². The summed E-state index contributed by atoms with van der Waals surface area (Å²) < 4.78 is 4.67. The Morgan fingerprint density at radius 2 is 1.90 bits per heavy atom. The first kappa shape index (κ1) is 7.90. The maximum Gasteiger partial charge on any atom is 0.182 e. The first-order chi connectivity index (χ1) is 4.63. The van der Waals surface area contributed by atoms with Gasteiger partial charge in [0.25, 0.3) is 0 Å². The van der Waals surface area contributed by atoms with E-state index in [0.717, 1.165) is 0 Å². The molecular formula is C5H12N2O3. The Labute approximate surface area is 58.6 Å². The predicted molar refractivity (Wildman–Crippen MR) is 33.9 cm³/mol. The maximum atomic E-state index is 9.04. The van der Waals surface area contributed by atoms with Crippen LogP contribution in [0.2, 0.25) is 0 Å². The van der Waals surface area contributed by atoms with Crippen molar-refractivity contribution in [3.8, 4) is 0 Å². The first-order valence-corrected chi connectivity index (χ1v) is 3.12. The van der Waals surface area contributed by atoms with Gasteiger partial charge in [0, 0.05) is 6.04 Å². The highest BCUT2D eigenvalue weighted by molar-refractivity contribution is 4.87. The highest BCUT2D eigenvalue weighted by atomic mass is 16.6. The molecule has 0 aromatic heterocycles. The summed E-state index contributed by atoms with van der Waals surface area (Å²) in [7, 11) is 0. The number of aliphatic hydroxyl groups is 2. The van der Waals surface area contributed by atoms with Crippen molar-refractivity contribution in [2.24, 2.45) is 11.5 Å². The molecule has 0 unspecified atom stereocenters. The van der Waals surface area contributed by atoms with E-state index in [4.69, 9.17) is 21.7 Å². The highest BCUT2D eigenvalue weighted by Gasteiger charge is 2.33. The van der Waals surface area contributed by atoms with Crippen molar-refractivity contribution in [3.05, 3.63) is 0 Å². The first-order valence-electron chi connectivity index (χ1n) is 3.12. The third-order valence-electron chi connectivity index (χ3n) is 1.64. The summed E-state index contributed by atoms with van der Waals surface area (Å²) in [5.74, 6) is 0. The van der Waals surface area contributed by atoms with Crippen LogP contribution in [0.3, 0.4) is 0 Å². The molecule has 0 amide bonds. The van der Waals surface area contributed by atoms with Crippen LogP contribution in [0.1, 0.15) is 0 Å². The summed E-state index contributed by atoms with van der Waals surface area (Å²) in [5, 5.41) is 17.9. The van der Waals surface area contributed by atoms with Gasteiger partial charge in [0.05, 0.1) is 12.6 Å². The second kappa shape index (κ2) is 2.81. The molecule has 1 fully saturated rings. The topological polar surface area (TPSA) is 102 Å². The minimum absolute atomic E-state index is 0.194. The molecule has 60 valence electrons. The van der Waals surface area contributed by atoms with E-state index in [1.165, 1.54) is 0 Å². The number of rotatable bonds is 0. The van der Waals surface area contributed by atoms with Crippen molar-refractivity contribution in [3.63, 3.8) is 0 Å². The summed E-state index contributed by atoms with van der Waals surface area (Å²) in [6.07, 6.45) is -2.25. The Kier molecular flexibility index (Phi) is 2.22. The van der Waals surface area contributed by atoms with Gasteiger partial charge in [0.15, 0.2) is 6.29 Å². The van der Waals surface area contributed by atoms with Crippen LogP contribution in [-0.2, 0) is 4.74 Å². The number of hydrogen-bond acceptors (Lipinski definition) is 5. The molecule has 1 aliphatic heterocycles. The average Bonchev–Trinajstić information content (AvgIpc) is 1.93. The molecule has 4 atom stereocenters. The Hall–Kier alpha value is -0.200. The molecule has 5 heteroatoms. The van der Waals surface area contributed by atoms with E-state index in [1.54, 1.807) is 0 Å². The minimum atomic E-state index is -1.19. The van der Waals surface area contributed by atoms with Gasteiger partial charge in [-0.15, -0.1) is 0 Å². The van der Waals surface area contributed by atoms with Gasteiger partial charge in [-0.3, -0.25) is 0 Å². The molecule has 0 aromatic rings. The lowest BCUT2D eigenvalue weighted by Gasteiger charge is -2.33. The molecule has 0 spiro atoms. The molecule has 0 aromatic carbocycles. The lowest BCUT2D eigenvalue weighted by molar-refractivity contribution is -0.196. The van der Waals surface area contributed by atoms with Crippen LogP contribution < -0.4 is 11.5 Å². The Morgan fingerprint density at radius 3 is 2.40 bits per heavy atom. The fraction of sp³-hybridized carbons (Fsp3) is 1.00. The van der Waals surface area contributed by atoms with Crippen molar-refractivity contribution in [1.29, 1.82) is 0 Å². The molecule has 1 saturated heterocycles. The van der Waals surface area contributed by atoms with E-state index in [9.17, 15) is 0 Å². The largest absolute Gasteiger partial charge is 0.386 e. The number of nitrogens with two attached hydrogens (primary N) is 2. The van der Waals surface area contributed by atoms with E-state index in [0.29, 0.717) is 0 Å². The quantitative estimate of drug-likeness (QED) is 0.300. The van der Waals surface area contributed by atoms with Gasteiger partial charge in [-0.25, -0.2) is 0 Å². The molecule has 10 heavy (non-hydrogen) atoms. The molecule has 6 N–H and O–H groups in total. The van der Waals surface area contributed by atoms with Crippen LogP contribution in [0.15, 0.2) is 0 Å². The summed E-state index contributed by atoms with van der Waals surface area (Å²) in [5.41, 5.74) is 10.8. The smallest absolute Gasteiger partial charge is 0.182 e. The monoisotopic (exact) mass is 148 g/mol. The molecule has 5 nitrogen and oxygen atoms in total. The fourth-order valence-electron chi connectivity index (χ4n) is 0.863. The van der Waals surface area contributed by atoms with Gasteiger partial charge >= 0.3 is 0 Å². The van der Waals surface area contributed by atoms with Gasteiger partial charge < -0.3 is 26.4 Å². The van der Waals surface area contributed by atoms with Crippen molar-refractivity contribution >= 4 is 0 Å². The van der Waals surface area contributed by atoms with Gasteiger partial charge in [-0.2, -0.15) is 0 Å². The molecule has 1 rings (SSSR count). The average molecular weight is 148 g/mol. The Bertz CT molecular complexity index is 107. The number of aliphatic hydroxyl groups excluding tert-OH is 2. The van der Waals surface area contributed by atoms with Crippen molar-refractivity contribution < 1.29 is 14.9 Å². The Morgan fingerprint density at radius 1 is 1.30 bits per heavy atom. The van der Waals surface area contributed by atoms with Crippen LogP contribution in [0.25, 0.3) is 0 Å². The van der Waals surface area contributed by atoms with E-state index >= 15 is 0 Å². The minimum Gasteiger partial charge on any atom is -0.386 e. The maximum absolute atomic E-state index is 9.04. The standard InChI is InChI=1S/C5H12N2O3/c6-2-1-10-5(9)4(8)3(2)7/h2-5,8-9H,1,6-7H2/t2-,3+,4-,5+/m1/s1. The van der Waals surface area contributed by atoms with Gasteiger partial charge in [0.1, 0.15) is 6.10 Å². The van der Waals surface area contributed by atoms with Crippen LogP contribution in [0, 0.1) is 0 Å². The summed E-state index contributed by atoms with van der Waals surface area (Å²) in [6.45, 7) is 0.194. The molecule has 1 heterocycles. The van der Waals surface area contributed by atoms with Crippen molar-refractivity contribution in [2.45, 2.75) is 24.5 Å². The zero-order valence-electron chi connectivity index (χ0n) is 5.47. The van der Waals surface area contributed by atoms with Crippen LogP contribution in [0.5, 0.6) is 0 Å². The number of ether oxygens (including phenoxy) is 1. The van der Waals surface area contributed by atoms with Gasteiger partial charge in [-0.1, -0.05) is 0 Å². The third-order valence-corrected chi connectivity index (χ3v) is 1.64. The zero-order chi connectivity index (χ0) is 7.72. The van der Waals surface area contributed by atoms with E-state index in [1.807, 2.05) is 0 Å². The summed E-state index contributed by atoms with van der Waals surface area (Å²) in [6, 6.07) is -0.984. The SMILES string of the molecule is N[C@@H]1[C@@H](O)[C@@H](O)OC[C@H]1N. The normalized spacial score (nSPS) is 49.2. The lowest BCUT2D eigenvalue weighted by Crippen LogP contribution is -2.60. The van der Waals surface area contributed by atoms with E-state index < -0.39 is 24.5 Å². The zero-order valence-corrected chi connectivity index (χ0v) is 5.47. The fourth-order valence-corrected chi connectivity index (χ4v) is 0.863. The summed E-state index contributed by atoms with van der Waals surface area (Å²) >= 11 is 0. The molecular weight excluding hydrogens is 136 g/mol. The van der Waals surface area contributed by atoms with Crippen molar-refractivity contribution in [2.75, 3.05) is 6.61 Å². The van der Waals surface area contributed by atoms with Crippen LogP contribution in [-0.4, -0.2) is 41.3 Å². The third kappa shape index (κ3) is 1.28. The van der Waals surface area contributed by atoms with Gasteiger partial charge in [0.2, 0.25) is 0 Å². The molecule has 0 radical (unpaired) electrons. The molecule has 0 aliphatic carbocycles. The molecule has 1 aliphatic rings. The van der Waals surface area contributed by atoms with E-state index in [2.05, 4.69) is 4.74 Å². The Balaban J connectivity index is 2.52. The van der Waals surface area contributed by atoms with Crippen LogP contribution >= 0.6 is 0 Å². The molecule has 0 saturated carbocycles. The second-order valence-electron chi connectivity index (χ2n) is 2.46. The summed E-state index contributed by atoms with van der Waals surface area (Å²) in [4.78, 5) is 0. The molecule has 0 bridgehead atoms. The number of hydrogen-bond donors (Lipinski definition) is 4.